The lowest BCUT2D eigenvalue weighted by atomic mass is 9.93. The molecule has 1 saturated heterocycles. The van der Waals surface area contributed by atoms with Crippen LogP contribution >= 0.6 is 15.9 Å². The molecule has 0 spiro atoms. The molecule has 1 N–H and O–H groups in total. The van der Waals surface area contributed by atoms with E-state index < -0.39 is 17.8 Å². The van der Waals surface area contributed by atoms with Crippen LogP contribution in [0.5, 0.6) is 0 Å². The molecule has 0 aromatic heterocycles. The fraction of sp³-hybridized carbons (Fsp3) is 0.353. The molecule has 3 rings (SSSR count). The molecular weight excluding hydrogens is 360 g/mol. The van der Waals surface area contributed by atoms with Crippen molar-refractivity contribution in [3.05, 3.63) is 39.9 Å². The van der Waals surface area contributed by atoms with Crippen molar-refractivity contribution >= 4 is 39.9 Å². The second-order valence-corrected chi connectivity index (χ2v) is 6.75. The Labute approximate surface area is 142 Å². The average molecular weight is 377 g/mol. The largest absolute Gasteiger partial charge is 0.331 e. The van der Waals surface area contributed by atoms with Crippen molar-refractivity contribution < 1.29 is 14.4 Å². The highest BCUT2D eigenvalue weighted by atomic mass is 79.9. The Morgan fingerprint density at radius 1 is 1.13 bits per heavy atom. The Balaban J connectivity index is 1.91. The van der Waals surface area contributed by atoms with Crippen LogP contribution in [-0.2, 0) is 9.59 Å². The van der Waals surface area contributed by atoms with Crippen LogP contribution in [0.4, 0.5) is 4.79 Å². The van der Waals surface area contributed by atoms with E-state index in [1.165, 1.54) is 11.0 Å². The van der Waals surface area contributed by atoms with Crippen LogP contribution in [0, 0.1) is 0 Å². The minimum atomic E-state index is -0.632. The minimum Gasteiger partial charge on any atom is -0.273 e. The summed E-state index contributed by atoms with van der Waals surface area (Å²) in [7, 11) is 0. The number of carbonyl (C=O) groups excluding carboxylic acids is 3. The molecule has 1 aromatic rings. The monoisotopic (exact) mass is 376 g/mol. The molecular formula is C17H17BrN2O3. The summed E-state index contributed by atoms with van der Waals surface area (Å²) in [5.74, 6) is -1.13. The maximum absolute atomic E-state index is 12.7. The number of imide groups is 2. The fourth-order valence-electron chi connectivity index (χ4n) is 3.11. The van der Waals surface area contributed by atoms with E-state index in [1.54, 1.807) is 6.07 Å². The average Bonchev–Trinajstić information content (AvgIpc) is 2.52. The molecule has 0 bridgehead atoms. The Bertz CT molecular complexity index is 693. The number of hydrogen-bond donors (Lipinski definition) is 1. The molecule has 0 radical (unpaired) electrons. The predicted molar refractivity (Wildman–Crippen MR) is 89.4 cm³/mol. The molecule has 1 heterocycles. The highest BCUT2D eigenvalue weighted by molar-refractivity contribution is 9.10. The summed E-state index contributed by atoms with van der Waals surface area (Å²) >= 11 is 3.36. The molecule has 4 amide bonds. The standard InChI is InChI=1S/C17H17BrN2O3/c18-12-6-4-5-11(9-12)10-14-15(21)19-17(23)20(16(14)22)13-7-2-1-3-8-13/h4-6,9-10,13H,1-3,7-8H2,(H,19,21,23). The van der Waals surface area contributed by atoms with Gasteiger partial charge in [0.05, 0.1) is 0 Å². The lowest BCUT2D eigenvalue weighted by molar-refractivity contribution is -0.132. The third-order valence-electron chi connectivity index (χ3n) is 4.23. The first-order valence-corrected chi connectivity index (χ1v) is 8.51. The predicted octanol–water partition coefficient (Wildman–Crippen LogP) is 3.24. The number of benzene rings is 1. The van der Waals surface area contributed by atoms with Gasteiger partial charge in [0.1, 0.15) is 5.57 Å². The quantitative estimate of drug-likeness (QED) is 0.636. The molecule has 0 unspecified atom stereocenters. The third kappa shape index (κ3) is 3.37. The van der Waals surface area contributed by atoms with Gasteiger partial charge in [0, 0.05) is 10.5 Å². The van der Waals surface area contributed by atoms with Gasteiger partial charge in [-0.1, -0.05) is 47.3 Å². The van der Waals surface area contributed by atoms with E-state index >= 15 is 0 Å². The zero-order valence-electron chi connectivity index (χ0n) is 12.5. The van der Waals surface area contributed by atoms with E-state index in [9.17, 15) is 14.4 Å². The maximum atomic E-state index is 12.7. The van der Waals surface area contributed by atoms with Gasteiger partial charge in [0.2, 0.25) is 0 Å². The van der Waals surface area contributed by atoms with Crippen molar-refractivity contribution in [3.63, 3.8) is 0 Å². The highest BCUT2D eigenvalue weighted by Crippen LogP contribution is 2.26. The molecule has 1 aliphatic heterocycles. The Hall–Kier alpha value is -1.95. The topological polar surface area (TPSA) is 66.5 Å². The molecule has 6 heteroatoms. The SMILES string of the molecule is O=C1NC(=O)N(C2CCCCC2)C(=O)C1=Cc1cccc(Br)c1. The van der Waals surface area contributed by atoms with Gasteiger partial charge in [-0.25, -0.2) is 4.79 Å². The third-order valence-corrected chi connectivity index (χ3v) is 4.73. The molecule has 5 nitrogen and oxygen atoms in total. The van der Waals surface area contributed by atoms with E-state index in [0.717, 1.165) is 42.1 Å². The number of nitrogens with one attached hydrogen (secondary N) is 1. The van der Waals surface area contributed by atoms with Crippen molar-refractivity contribution in [3.8, 4) is 0 Å². The van der Waals surface area contributed by atoms with Crippen LogP contribution in [0.15, 0.2) is 34.3 Å². The number of halogens is 1. The van der Waals surface area contributed by atoms with Crippen LogP contribution in [0.25, 0.3) is 6.08 Å². The highest BCUT2D eigenvalue weighted by Gasteiger charge is 2.40. The molecule has 2 aliphatic rings. The van der Waals surface area contributed by atoms with E-state index in [0.29, 0.717) is 0 Å². The second kappa shape index (κ2) is 6.66. The van der Waals surface area contributed by atoms with Crippen molar-refractivity contribution in [2.45, 2.75) is 38.1 Å². The van der Waals surface area contributed by atoms with Crippen molar-refractivity contribution in [2.24, 2.45) is 0 Å². The van der Waals surface area contributed by atoms with E-state index in [1.807, 2.05) is 18.2 Å². The summed E-state index contributed by atoms with van der Waals surface area (Å²) < 4.78 is 0.857. The lowest BCUT2D eigenvalue weighted by Crippen LogP contribution is -2.58. The summed E-state index contributed by atoms with van der Waals surface area (Å²) in [5.41, 5.74) is 0.740. The zero-order chi connectivity index (χ0) is 16.4. The molecule has 2 fully saturated rings. The number of nitrogens with zero attached hydrogens (tertiary/aromatic N) is 1. The number of rotatable bonds is 2. The van der Waals surface area contributed by atoms with Gasteiger partial charge in [-0.3, -0.25) is 19.8 Å². The van der Waals surface area contributed by atoms with Crippen LogP contribution < -0.4 is 5.32 Å². The van der Waals surface area contributed by atoms with Crippen LogP contribution in [0.3, 0.4) is 0 Å². The van der Waals surface area contributed by atoms with Gasteiger partial charge in [-0.05, 0) is 36.6 Å². The molecule has 1 saturated carbocycles. The smallest absolute Gasteiger partial charge is 0.273 e. The summed E-state index contributed by atoms with van der Waals surface area (Å²) in [6.07, 6.45) is 6.26. The van der Waals surface area contributed by atoms with Gasteiger partial charge >= 0.3 is 6.03 Å². The van der Waals surface area contributed by atoms with E-state index in [2.05, 4.69) is 21.2 Å². The number of carbonyl (C=O) groups is 3. The summed E-state index contributed by atoms with van der Waals surface area (Å²) in [4.78, 5) is 38.1. The van der Waals surface area contributed by atoms with Crippen molar-refractivity contribution in [1.29, 1.82) is 0 Å². The number of barbiturate groups is 1. The first-order valence-electron chi connectivity index (χ1n) is 7.72. The Morgan fingerprint density at radius 3 is 2.57 bits per heavy atom. The van der Waals surface area contributed by atoms with Gasteiger partial charge in [-0.15, -0.1) is 0 Å². The molecule has 0 atom stereocenters. The summed E-state index contributed by atoms with van der Waals surface area (Å²) in [6.45, 7) is 0. The summed E-state index contributed by atoms with van der Waals surface area (Å²) in [5, 5.41) is 2.29. The molecule has 120 valence electrons. The van der Waals surface area contributed by atoms with Crippen molar-refractivity contribution in [2.75, 3.05) is 0 Å². The van der Waals surface area contributed by atoms with Gasteiger partial charge in [-0.2, -0.15) is 0 Å². The number of hydrogen-bond acceptors (Lipinski definition) is 3. The van der Waals surface area contributed by atoms with Crippen molar-refractivity contribution in [1.82, 2.24) is 10.2 Å². The molecule has 1 aromatic carbocycles. The van der Waals surface area contributed by atoms with Crippen LogP contribution in [0.2, 0.25) is 0 Å². The summed E-state index contributed by atoms with van der Waals surface area (Å²) in [6, 6.07) is 6.59. The number of urea groups is 1. The zero-order valence-corrected chi connectivity index (χ0v) is 14.1. The number of amides is 4. The first-order chi connectivity index (χ1) is 11.1. The Kier molecular flexibility index (Phi) is 4.61. The van der Waals surface area contributed by atoms with E-state index in [-0.39, 0.29) is 11.6 Å². The maximum Gasteiger partial charge on any atom is 0.331 e. The van der Waals surface area contributed by atoms with Gasteiger partial charge in [0.25, 0.3) is 11.8 Å². The second-order valence-electron chi connectivity index (χ2n) is 5.84. The lowest BCUT2D eigenvalue weighted by Gasteiger charge is -2.35. The first kappa shape index (κ1) is 15.9. The van der Waals surface area contributed by atoms with Crippen LogP contribution in [0.1, 0.15) is 37.7 Å². The van der Waals surface area contributed by atoms with Crippen LogP contribution in [-0.4, -0.2) is 28.8 Å². The normalized spacial score (nSPS) is 21.7. The minimum absolute atomic E-state index is 0.00766. The molecule has 1 aliphatic carbocycles. The van der Waals surface area contributed by atoms with E-state index in [4.69, 9.17) is 0 Å². The molecule has 23 heavy (non-hydrogen) atoms. The fourth-order valence-corrected chi connectivity index (χ4v) is 3.52. The van der Waals surface area contributed by atoms with Gasteiger partial charge < -0.3 is 0 Å². The van der Waals surface area contributed by atoms with Gasteiger partial charge in [0.15, 0.2) is 0 Å². The Morgan fingerprint density at radius 2 is 1.87 bits per heavy atom.